The first kappa shape index (κ1) is 35.6. The number of carbonyl (C=O) groups is 2. The molecule has 3 N–H and O–H groups in total. The third kappa shape index (κ3) is 10.1. The van der Waals surface area contributed by atoms with Crippen LogP contribution in [0.5, 0.6) is 11.5 Å². The number of carboxylic acids is 1. The van der Waals surface area contributed by atoms with Crippen LogP contribution in [0.1, 0.15) is 37.9 Å². The molecule has 0 aliphatic rings. The fraction of sp³-hybridized carbons (Fsp3) is 0.281. The Bertz CT molecular complexity index is 1780. The number of sulfone groups is 1. The summed E-state index contributed by atoms with van der Waals surface area (Å²) in [6.07, 6.45) is -0.473. The number of nitrogens with one attached hydrogen (secondary N) is 2. The first-order valence-electron chi connectivity index (χ1n) is 14.0. The SMILES string of the molecule is CCOc1cc(C(Nc2ccc3cnccc3c2)C(=O)NCc2ccccc2S(C)(=O)=O)ccc1OC(C)C.O=C(O)C(F)(F)F. The predicted molar refractivity (Wildman–Crippen MR) is 167 cm³/mol. The van der Waals surface area contributed by atoms with Crippen molar-refractivity contribution >= 4 is 38.2 Å². The zero-order valence-electron chi connectivity index (χ0n) is 25.5. The summed E-state index contributed by atoms with van der Waals surface area (Å²) in [5, 5.41) is 15.4. The van der Waals surface area contributed by atoms with Gasteiger partial charge in [-0.2, -0.15) is 13.2 Å². The van der Waals surface area contributed by atoms with Crippen molar-refractivity contribution in [2.45, 2.75) is 50.5 Å². The van der Waals surface area contributed by atoms with Gasteiger partial charge in [-0.25, -0.2) is 13.2 Å². The second-order valence-electron chi connectivity index (χ2n) is 10.2. The van der Waals surface area contributed by atoms with E-state index in [0.29, 0.717) is 29.2 Å². The maximum atomic E-state index is 13.7. The maximum absolute atomic E-state index is 13.7. The monoisotopic (exact) mass is 661 g/mol. The van der Waals surface area contributed by atoms with Crippen molar-refractivity contribution in [3.63, 3.8) is 0 Å². The molecule has 0 aliphatic heterocycles. The molecule has 0 saturated carbocycles. The van der Waals surface area contributed by atoms with E-state index in [4.69, 9.17) is 19.4 Å². The van der Waals surface area contributed by atoms with E-state index in [0.717, 1.165) is 22.7 Å². The number of benzene rings is 3. The van der Waals surface area contributed by atoms with Crippen molar-refractivity contribution in [1.29, 1.82) is 0 Å². The van der Waals surface area contributed by atoms with Crippen molar-refractivity contribution < 1.29 is 45.8 Å². The highest BCUT2D eigenvalue weighted by molar-refractivity contribution is 7.90. The summed E-state index contributed by atoms with van der Waals surface area (Å²) in [6.45, 7) is 6.24. The Morgan fingerprint density at radius 2 is 1.67 bits per heavy atom. The number of carbonyl (C=O) groups excluding carboxylic acids is 1. The second kappa shape index (κ2) is 15.4. The van der Waals surface area contributed by atoms with E-state index in [1.807, 2.05) is 51.1 Å². The lowest BCUT2D eigenvalue weighted by Crippen LogP contribution is -2.33. The number of carboxylic acid groups (broad SMARTS) is 1. The number of alkyl halides is 3. The molecule has 14 heteroatoms. The first-order valence-corrected chi connectivity index (χ1v) is 15.9. The molecule has 4 aromatic rings. The van der Waals surface area contributed by atoms with E-state index in [1.165, 1.54) is 6.07 Å². The van der Waals surface area contributed by atoms with Crippen LogP contribution in [0.4, 0.5) is 18.9 Å². The molecular formula is C32H34F3N3O7S. The van der Waals surface area contributed by atoms with Crippen molar-refractivity contribution in [1.82, 2.24) is 10.3 Å². The molecule has 1 atom stereocenters. The molecule has 0 bridgehead atoms. The molecule has 246 valence electrons. The summed E-state index contributed by atoms with van der Waals surface area (Å²) in [7, 11) is -3.45. The molecule has 46 heavy (non-hydrogen) atoms. The van der Waals surface area contributed by atoms with Crippen molar-refractivity contribution in [2.24, 2.45) is 0 Å². The number of ether oxygens (including phenoxy) is 2. The molecule has 1 amide bonds. The lowest BCUT2D eigenvalue weighted by Gasteiger charge is -2.22. The van der Waals surface area contributed by atoms with Gasteiger partial charge >= 0.3 is 12.1 Å². The Hall–Kier alpha value is -4.85. The van der Waals surface area contributed by atoms with Gasteiger partial charge in [-0.05, 0) is 73.7 Å². The van der Waals surface area contributed by atoms with Crippen LogP contribution in [-0.4, -0.2) is 55.5 Å². The minimum atomic E-state index is -5.08. The molecule has 0 saturated heterocycles. The normalized spacial score (nSPS) is 12.1. The van der Waals surface area contributed by atoms with Crippen molar-refractivity contribution in [3.8, 4) is 11.5 Å². The van der Waals surface area contributed by atoms with Crippen LogP contribution in [0.15, 0.2) is 84.0 Å². The highest BCUT2D eigenvalue weighted by Crippen LogP contribution is 2.33. The molecular weight excluding hydrogens is 627 g/mol. The molecule has 0 fully saturated rings. The van der Waals surface area contributed by atoms with E-state index in [1.54, 1.807) is 42.7 Å². The molecule has 0 aliphatic carbocycles. The number of amides is 1. The number of aliphatic carboxylic acids is 1. The number of rotatable bonds is 11. The Balaban J connectivity index is 0.000000738. The topological polar surface area (TPSA) is 144 Å². The third-order valence-corrected chi connectivity index (χ3v) is 7.44. The van der Waals surface area contributed by atoms with Crippen molar-refractivity contribution in [3.05, 3.63) is 90.3 Å². The van der Waals surface area contributed by atoms with Crippen LogP contribution in [0, 0.1) is 0 Å². The van der Waals surface area contributed by atoms with Gasteiger partial charge in [0.1, 0.15) is 6.04 Å². The second-order valence-corrected chi connectivity index (χ2v) is 12.2. The first-order chi connectivity index (χ1) is 21.6. The van der Waals surface area contributed by atoms with Crippen LogP contribution in [-0.2, 0) is 26.0 Å². The standard InChI is InChI=1S/C30H33N3O5S.C2HF3O2/c1-5-37-27-17-22(11-13-26(27)38-20(2)3)29(33-25-12-10-23-18-31-15-14-21(23)16-25)30(34)32-19-24-8-6-7-9-28(24)39(4,35)36;3-2(4,5)1(6)7/h6-18,20,29,33H,5,19H2,1-4H3,(H,32,34);(H,6,7). The largest absolute Gasteiger partial charge is 0.490 e. The Morgan fingerprint density at radius 1 is 0.978 bits per heavy atom. The average molecular weight is 662 g/mol. The van der Waals surface area contributed by atoms with Crippen LogP contribution in [0.25, 0.3) is 10.8 Å². The zero-order chi connectivity index (χ0) is 34.1. The lowest BCUT2D eigenvalue weighted by molar-refractivity contribution is -0.192. The summed E-state index contributed by atoms with van der Waals surface area (Å²) < 4.78 is 68.0. The molecule has 1 heterocycles. The Labute approximate surface area is 264 Å². The molecule has 0 spiro atoms. The van der Waals surface area contributed by atoms with Crippen molar-refractivity contribution in [2.75, 3.05) is 18.2 Å². The summed E-state index contributed by atoms with van der Waals surface area (Å²) in [4.78, 5) is 26.9. The number of anilines is 1. The smallest absolute Gasteiger partial charge is 0.490 e. The third-order valence-electron chi connectivity index (χ3n) is 6.25. The fourth-order valence-corrected chi connectivity index (χ4v) is 5.20. The van der Waals surface area contributed by atoms with Gasteiger partial charge in [0.15, 0.2) is 21.3 Å². The van der Waals surface area contributed by atoms with Gasteiger partial charge in [0.2, 0.25) is 5.91 Å². The fourth-order valence-electron chi connectivity index (χ4n) is 4.26. The van der Waals surface area contributed by atoms with Crippen LogP contribution < -0.4 is 20.1 Å². The Morgan fingerprint density at radius 3 is 2.30 bits per heavy atom. The van der Waals surface area contributed by atoms with Crippen LogP contribution in [0.2, 0.25) is 0 Å². The van der Waals surface area contributed by atoms with E-state index in [2.05, 4.69) is 15.6 Å². The minimum Gasteiger partial charge on any atom is -0.490 e. The molecule has 1 aromatic heterocycles. The van der Waals surface area contributed by atoms with Gasteiger partial charge in [-0.15, -0.1) is 0 Å². The van der Waals surface area contributed by atoms with E-state index in [9.17, 15) is 26.4 Å². The number of aromatic nitrogens is 1. The predicted octanol–water partition coefficient (Wildman–Crippen LogP) is 5.93. The van der Waals surface area contributed by atoms with Gasteiger partial charge < -0.3 is 25.2 Å². The molecule has 1 unspecified atom stereocenters. The lowest BCUT2D eigenvalue weighted by atomic mass is 10.0. The maximum Gasteiger partial charge on any atom is 0.490 e. The summed E-state index contributed by atoms with van der Waals surface area (Å²) in [5.74, 6) is -1.95. The summed E-state index contributed by atoms with van der Waals surface area (Å²) in [5.41, 5.74) is 1.92. The zero-order valence-corrected chi connectivity index (χ0v) is 26.3. The number of nitrogens with zero attached hydrogens (tertiary/aromatic N) is 1. The number of hydrogen-bond donors (Lipinski definition) is 3. The number of fused-ring (bicyclic) bond motifs is 1. The van der Waals surface area contributed by atoms with Gasteiger partial charge in [0, 0.05) is 36.3 Å². The number of hydrogen-bond acceptors (Lipinski definition) is 8. The molecule has 10 nitrogen and oxygen atoms in total. The quantitative estimate of drug-likeness (QED) is 0.178. The van der Waals surface area contributed by atoms with Crippen LogP contribution >= 0.6 is 0 Å². The van der Waals surface area contributed by atoms with E-state index < -0.39 is 28.0 Å². The molecule has 0 radical (unpaired) electrons. The van der Waals surface area contributed by atoms with E-state index >= 15 is 0 Å². The minimum absolute atomic E-state index is 0.0470. The Kier molecular flexibility index (Phi) is 12.0. The van der Waals surface area contributed by atoms with Gasteiger partial charge in [0.05, 0.1) is 17.6 Å². The van der Waals surface area contributed by atoms with E-state index in [-0.39, 0.29) is 23.5 Å². The van der Waals surface area contributed by atoms with Crippen LogP contribution in [0.3, 0.4) is 0 Å². The summed E-state index contributed by atoms with van der Waals surface area (Å²) >= 11 is 0. The summed E-state index contributed by atoms with van der Waals surface area (Å²) in [6, 6.07) is 19.0. The molecule has 3 aromatic carbocycles. The highest BCUT2D eigenvalue weighted by Gasteiger charge is 2.38. The highest BCUT2D eigenvalue weighted by atomic mass is 32.2. The molecule has 4 rings (SSSR count). The van der Waals surface area contributed by atoms with Gasteiger partial charge in [-0.1, -0.05) is 30.3 Å². The number of halogens is 3. The number of pyridine rings is 1. The van der Waals surface area contributed by atoms with Gasteiger partial charge in [0.25, 0.3) is 0 Å². The average Bonchev–Trinajstić information content (AvgIpc) is 2.99. The van der Waals surface area contributed by atoms with Gasteiger partial charge in [-0.3, -0.25) is 9.78 Å².